The predicted octanol–water partition coefficient (Wildman–Crippen LogP) is 2.71. The van der Waals surface area contributed by atoms with Crippen LogP contribution in [-0.4, -0.2) is 39.6 Å². The summed E-state index contributed by atoms with van der Waals surface area (Å²) in [4.78, 5) is 25.0. The fourth-order valence-electron chi connectivity index (χ4n) is 1.73. The highest BCUT2D eigenvalue weighted by molar-refractivity contribution is 7.99. The summed E-state index contributed by atoms with van der Waals surface area (Å²) in [5, 5.41) is 6.66. The SMILES string of the molecule is CCNc1nc(NCC)nc(SCC(=O)c2ccccc2)n1. The zero-order chi connectivity index (χ0) is 15.8. The zero-order valence-corrected chi connectivity index (χ0v) is 13.5. The van der Waals surface area contributed by atoms with Gasteiger partial charge in [-0.2, -0.15) is 15.0 Å². The number of benzene rings is 1. The van der Waals surface area contributed by atoms with Gasteiger partial charge in [-0.25, -0.2) is 0 Å². The quantitative estimate of drug-likeness (QED) is 0.572. The number of carbonyl (C=O) groups excluding carboxylic acids is 1. The third kappa shape index (κ3) is 4.70. The van der Waals surface area contributed by atoms with Gasteiger partial charge in [-0.15, -0.1) is 0 Å². The van der Waals surface area contributed by atoms with Gasteiger partial charge in [0, 0.05) is 18.7 Å². The Morgan fingerprint density at radius 1 is 1.00 bits per heavy atom. The van der Waals surface area contributed by atoms with Crippen LogP contribution in [0.5, 0.6) is 0 Å². The first kappa shape index (κ1) is 16.2. The molecule has 116 valence electrons. The van der Waals surface area contributed by atoms with Crippen molar-refractivity contribution in [2.75, 3.05) is 29.5 Å². The normalized spacial score (nSPS) is 10.3. The van der Waals surface area contributed by atoms with E-state index >= 15 is 0 Å². The summed E-state index contributed by atoms with van der Waals surface area (Å²) in [6, 6.07) is 9.22. The molecule has 0 spiro atoms. The van der Waals surface area contributed by atoms with Crippen LogP contribution in [0.2, 0.25) is 0 Å². The van der Waals surface area contributed by atoms with Crippen LogP contribution in [0.3, 0.4) is 0 Å². The van der Waals surface area contributed by atoms with E-state index in [9.17, 15) is 4.79 Å². The van der Waals surface area contributed by atoms with Gasteiger partial charge in [-0.3, -0.25) is 4.79 Å². The number of hydrogen-bond donors (Lipinski definition) is 2. The first-order valence-corrected chi connectivity index (χ1v) is 8.16. The molecule has 7 heteroatoms. The molecule has 0 aliphatic rings. The molecular weight excluding hydrogens is 298 g/mol. The van der Waals surface area contributed by atoms with Crippen molar-refractivity contribution in [3.05, 3.63) is 35.9 Å². The first-order chi connectivity index (χ1) is 10.7. The lowest BCUT2D eigenvalue weighted by Crippen LogP contribution is -2.10. The second-order valence-electron chi connectivity index (χ2n) is 4.40. The molecule has 6 nitrogen and oxygen atoms in total. The van der Waals surface area contributed by atoms with E-state index < -0.39 is 0 Å². The molecule has 0 saturated carbocycles. The molecule has 0 amide bonds. The van der Waals surface area contributed by atoms with Crippen molar-refractivity contribution < 1.29 is 4.79 Å². The van der Waals surface area contributed by atoms with Gasteiger partial charge in [-0.1, -0.05) is 42.1 Å². The molecule has 0 fully saturated rings. The van der Waals surface area contributed by atoms with Gasteiger partial charge in [0.25, 0.3) is 0 Å². The van der Waals surface area contributed by atoms with Crippen LogP contribution in [0, 0.1) is 0 Å². The van der Waals surface area contributed by atoms with Crippen molar-refractivity contribution in [1.82, 2.24) is 15.0 Å². The minimum absolute atomic E-state index is 0.0565. The van der Waals surface area contributed by atoms with Gasteiger partial charge < -0.3 is 10.6 Å². The van der Waals surface area contributed by atoms with Crippen molar-refractivity contribution in [1.29, 1.82) is 0 Å². The Hall–Kier alpha value is -2.15. The van der Waals surface area contributed by atoms with E-state index in [1.54, 1.807) is 0 Å². The Labute approximate surface area is 134 Å². The molecule has 1 aromatic carbocycles. The highest BCUT2D eigenvalue weighted by Gasteiger charge is 2.10. The molecule has 0 unspecified atom stereocenters. The maximum absolute atomic E-state index is 12.1. The summed E-state index contributed by atoms with van der Waals surface area (Å²) < 4.78 is 0. The second kappa shape index (κ2) is 8.33. The molecule has 0 aliphatic heterocycles. The number of Topliss-reactive ketones (excluding diaryl/α,β-unsaturated/α-hetero) is 1. The highest BCUT2D eigenvalue weighted by Crippen LogP contribution is 2.18. The largest absolute Gasteiger partial charge is 0.354 e. The monoisotopic (exact) mass is 317 g/mol. The predicted molar refractivity (Wildman–Crippen MR) is 89.7 cm³/mol. The lowest BCUT2D eigenvalue weighted by atomic mass is 10.2. The number of hydrogen-bond acceptors (Lipinski definition) is 7. The molecule has 0 saturated heterocycles. The van der Waals surface area contributed by atoms with Crippen LogP contribution in [-0.2, 0) is 0 Å². The molecule has 1 aromatic heterocycles. The fraction of sp³-hybridized carbons (Fsp3) is 0.333. The number of anilines is 2. The molecule has 2 aromatic rings. The van der Waals surface area contributed by atoms with Gasteiger partial charge in [0.05, 0.1) is 5.75 Å². The van der Waals surface area contributed by atoms with Crippen LogP contribution < -0.4 is 10.6 Å². The number of thioether (sulfide) groups is 1. The van der Waals surface area contributed by atoms with Gasteiger partial charge in [0.2, 0.25) is 11.9 Å². The Morgan fingerprint density at radius 2 is 1.59 bits per heavy atom. The number of nitrogens with zero attached hydrogens (tertiary/aromatic N) is 3. The molecule has 22 heavy (non-hydrogen) atoms. The van der Waals surface area contributed by atoms with E-state index in [4.69, 9.17) is 0 Å². The minimum atomic E-state index is 0.0565. The maximum atomic E-state index is 12.1. The number of aromatic nitrogens is 3. The van der Waals surface area contributed by atoms with Crippen LogP contribution in [0.25, 0.3) is 0 Å². The lowest BCUT2D eigenvalue weighted by Gasteiger charge is -2.07. The fourth-order valence-corrected chi connectivity index (χ4v) is 2.46. The zero-order valence-electron chi connectivity index (χ0n) is 12.7. The van der Waals surface area contributed by atoms with Crippen LogP contribution in [0.1, 0.15) is 24.2 Å². The summed E-state index contributed by atoms with van der Waals surface area (Å²) >= 11 is 1.31. The number of rotatable bonds is 8. The lowest BCUT2D eigenvalue weighted by molar-refractivity contribution is 0.102. The van der Waals surface area contributed by atoms with Crippen molar-refractivity contribution in [3.8, 4) is 0 Å². The van der Waals surface area contributed by atoms with Crippen LogP contribution in [0.15, 0.2) is 35.5 Å². The van der Waals surface area contributed by atoms with E-state index in [2.05, 4.69) is 25.6 Å². The standard InChI is InChI=1S/C15H19N5OS/c1-3-16-13-18-14(17-4-2)20-15(19-13)22-10-12(21)11-8-6-5-7-9-11/h5-9H,3-4,10H2,1-2H3,(H2,16,17,18,19,20). The van der Waals surface area contributed by atoms with Crippen LogP contribution in [0.4, 0.5) is 11.9 Å². The van der Waals surface area contributed by atoms with Crippen molar-refractivity contribution in [2.45, 2.75) is 19.0 Å². The van der Waals surface area contributed by atoms with Crippen molar-refractivity contribution in [2.24, 2.45) is 0 Å². The molecule has 1 heterocycles. The summed E-state index contributed by atoms with van der Waals surface area (Å²) in [5.74, 6) is 1.39. The molecule has 0 radical (unpaired) electrons. The summed E-state index contributed by atoms with van der Waals surface area (Å²) in [5.41, 5.74) is 0.697. The Balaban J connectivity index is 2.06. The van der Waals surface area contributed by atoms with Crippen molar-refractivity contribution >= 4 is 29.4 Å². The van der Waals surface area contributed by atoms with Gasteiger partial charge >= 0.3 is 0 Å². The van der Waals surface area contributed by atoms with Crippen molar-refractivity contribution in [3.63, 3.8) is 0 Å². The highest BCUT2D eigenvalue weighted by atomic mass is 32.2. The average molecular weight is 317 g/mol. The van der Waals surface area contributed by atoms with E-state index in [0.29, 0.717) is 28.4 Å². The Bertz CT molecular complexity index is 596. The summed E-state index contributed by atoms with van der Waals surface area (Å²) in [7, 11) is 0. The van der Waals surface area contributed by atoms with E-state index in [-0.39, 0.29) is 5.78 Å². The van der Waals surface area contributed by atoms with Gasteiger partial charge in [-0.05, 0) is 13.8 Å². The topological polar surface area (TPSA) is 79.8 Å². The van der Waals surface area contributed by atoms with E-state index in [0.717, 1.165) is 13.1 Å². The molecule has 2 rings (SSSR count). The van der Waals surface area contributed by atoms with E-state index in [1.165, 1.54) is 11.8 Å². The summed E-state index contributed by atoms with van der Waals surface area (Å²) in [6.07, 6.45) is 0. The second-order valence-corrected chi connectivity index (χ2v) is 5.35. The minimum Gasteiger partial charge on any atom is -0.354 e. The summed E-state index contributed by atoms with van der Waals surface area (Å²) in [6.45, 7) is 5.40. The Kier molecular flexibility index (Phi) is 6.14. The molecule has 0 aliphatic carbocycles. The number of nitrogens with one attached hydrogen (secondary N) is 2. The van der Waals surface area contributed by atoms with Gasteiger partial charge in [0.15, 0.2) is 10.9 Å². The number of ketones is 1. The number of carbonyl (C=O) groups is 1. The Morgan fingerprint density at radius 3 is 2.14 bits per heavy atom. The molecular formula is C15H19N5OS. The maximum Gasteiger partial charge on any atom is 0.228 e. The molecule has 0 atom stereocenters. The van der Waals surface area contributed by atoms with E-state index in [1.807, 2.05) is 44.2 Å². The smallest absolute Gasteiger partial charge is 0.228 e. The van der Waals surface area contributed by atoms with Crippen LogP contribution >= 0.6 is 11.8 Å². The third-order valence-corrected chi connectivity index (χ3v) is 3.56. The average Bonchev–Trinajstić information content (AvgIpc) is 2.54. The third-order valence-electron chi connectivity index (χ3n) is 2.71. The first-order valence-electron chi connectivity index (χ1n) is 7.17. The molecule has 2 N–H and O–H groups in total. The molecule has 0 bridgehead atoms. The van der Waals surface area contributed by atoms with Gasteiger partial charge in [0.1, 0.15) is 0 Å².